The predicted molar refractivity (Wildman–Crippen MR) is 103 cm³/mol. The summed E-state index contributed by atoms with van der Waals surface area (Å²) < 4.78 is 68.0. The zero-order valence-corrected chi connectivity index (χ0v) is 16.7. The van der Waals surface area contributed by atoms with E-state index in [1.807, 2.05) is 11.8 Å². The fraction of sp³-hybridized carbons (Fsp3) is 0.474. The number of nitrogens with zero attached hydrogens (tertiary/aromatic N) is 5. The Hall–Kier alpha value is -2.85. The number of nitrogens with one attached hydrogen (secondary N) is 1. The van der Waals surface area contributed by atoms with Crippen molar-refractivity contribution < 1.29 is 22.0 Å². The van der Waals surface area contributed by atoms with E-state index in [0.717, 1.165) is 22.9 Å². The number of aryl methyl sites for hydroxylation is 1. The van der Waals surface area contributed by atoms with E-state index in [-0.39, 0.29) is 17.8 Å². The lowest BCUT2D eigenvalue weighted by atomic mass is 10.2. The molecule has 0 unspecified atom stereocenters. The molecule has 6 nitrogen and oxygen atoms in total. The topological polar surface area (TPSA) is 48.7 Å². The maximum absolute atomic E-state index is 14.0. The van der Waals surface area contributed by atoms with Crippen LogP contribution in [0.5, 0.6) is 0 Å². The zero-order valence-electron chi connectivity index (χ0n) is 16.7. The summed E-state index contributed by atoms with van der Waals surface area (Å²) in [7, 11) is 1.43. The highest BCUT2D eigenvalue weighted by Crippen LogP contribution is 2.31. The molecule has 0 spiro atoms. The Kier molecular flexibility index (Phi) is 6.47. The van der Waals surface area contributed by atoms with Crippen LogP contribution in [0, 0.1) is 11.6 Å². The lowest BCUT2D eigenvalue weighted by Crippen LogP contribution is -2.52. The van der Waals surface area contributed by atoms with Crippen molar-refractivity contribution in [1.82, 2.24) is 20.0 Å². The van der Waals surface area contributed by atoms with Crippen LogP contribution in [0.3, 0.4) is 0 Å². The van der Waals surface area contributed by atoms with E-state index in [4.69, 9.17) is 0 Å². The normalized spacial score (nSPS) is 15.6. The highest BCUT2D eigenvalue weighted by Gasteiger charge is 2.36. The van der Waals surface area contributed by atoms with Gasteiger partial charge in [0.15, 0.2) is 11.7 Å². The van der Waals surface area contributed by atoms with Gasteiger partial charge in [0.1, 0.15) is 11.6 Å². The summed E-state index contributed by atoms with van der Waals surface area (Å²) in [4.78, 5) is 7.98. The molecule has 1 aromatic heterocycles. The number of benzene rings is 1. The van der Waals surface area contributed by atoms with Crippen LogP contribution in [0.15, 0.2) is 29.4 Å². The van der Waals surface area contributed by atoms with E-state index in [1.54, 1.807) is 4.90 Å². The van der Waals surface area contributed by atoms with Gasteiger partial charge in [-0.1, -0.05) is 0 Å². The number of alkyl halides is 3. The van der Waals surface area contributed by atoms with Crippen molar-refractivity contribution >= 4 is 11.6 Å². The first kappa shape index (κ1) is 21.8. The lowest BCUT2D eigenvalue weighted by molar-refractivity contribution is -0.142. The molecule has 1 saturated heterocycles. The lowest BCUT2D eigenvalue weighted by Gasteiger charge is -2.37. The maximum atomic E-state index is 14.0. The fourth-order valence-electron chi connectivity index (χ4n) is 3.37. The molecular formula is C19H23F5N6. The molecule has 164 valence electrons. The minimum atomic E-state index is -4.55. The van der Waals surface area contributed by atoms with Crippen LogP contribution in [0.4, 0.5) is 27.6 Å². The number of hydrogen-bond donors (Lipinski definition) is 1. The molecule has 0 radical (unpaired) electrons. The Balaban J connectivity index is 1.71. The first-order valence-electron chi connectivity index (χ1n) is 9.52. The van der Waals surface area contributed by atoms with Gasteiger partial charge in [0.25, 0.3) is 0 Å². The number of anilines is 1. The number of hydrogen-bond acceptors (Lipinski definition) is 3. The molecule has 0 bridgehead atoms. The molecule has 1 fully saturated rings. The number of piperazine rings is 1. The second-order valence-corrected chi connectivity index (χ2v) is 6.91. The van der Waals surface area contributed by atoms with Crippen molar-refractivity contribution in [3.05, 3.63) is 47.3 Å². The highest BCUT2D eigenvalue weighted by atomic mass is 19.4. The number of aliphatic imine (C=N–C) groups is 1. The Morgan fingerprint density at radius 1 is 1.17 bits per heavy atom. The van der Waals surface area contributed by atoms with Gasteiger partial charge < -0.3 is 15.1 Å². The maximum Gasteiger partial charge on any atom is 0.435 e. The second kappa shape index (κ2) is 8.88. The van der Waals surface area contributed by atoms with E-state index in [9.17, 15) is 22.0 Å². The van der Waals surface area contributed by atoms with Gasteiger partial charge in [-0.2, -0.15) is 18.3 Å². The monoisotopic (exact) mass is 430 g/mol. The SMILES string of the molecule is CCNC(=NCc1cn(C)nc1C(F)(F)F)N1CCN(c2cc(F)ccc2F)CC1. The van der Waals surface area contributed by atoms with Crippen LogP contribution >= 0.6 is 0 Å². The average Bonchev–Trinajstić information content (AvgIpc) is 3.08. The van der Waals surface area contributed by atoms with E-state index < -0.39 is 23.5 Å². The van der Waals surface area contributed by atoms with Gasteiger partial charge in [-0.3, -0.25) is 4.68 Å². The Bertz CT molecular complexity index is 899. The first-order chi connectivity index (χ1) is 14.2. The summed E-state index contributed by atoms with van der Waals surface area (Å²) >= 11 is 0. The van der Waals surface area contributed by atoms with E-state index in [2.05, 4.69) is 15.4 Å². The summed E-state index contributed by atoms with van der Waals surface area (Å²) in [6.07, 6.45) is -3.24. The van der Waals surface area contributed by atoms with Crippen LogP contribution in [0.2, 0.25) is 0 Å². The number of halogens is 5. The van der Waals surface area contributed by atoms with Crippen molar-refractivity contribution in [2.45, 2.75) is 19.6 Å². The molecule has 30 heavy (non-hydrogen) atoms. The molecule has 1 N–H and O–H groups in total. The van der Waals surface area contributed by atoms with Crippen molar-refractivity contribution in [1.29, 1.82) is 0 Å². The minimum absolute atomic E-state index is 0.0131. The Morgan fingerprint density at radius 3 is 2.50 bits per heavy atom. The van der Waals surface area contributed by atoms with Crippen molar-refractivity contribution in [2.75, 3.05) is 37.6 Å². The van der Waals surface area contributed by atoms with Gasteiger partial charge >= 0.3 is 6.18 Å². The van der Waals surface area contributed by atoms with Crippen LogP contribution in [-0.4, -0.2) is 53.4 Å². The quantitative estimate of drug-likeness (QED) is 0.460. The molecule has 1 aromatic carbocycles. The number of aromatic nitrogens is 2. The third-order valence-corrected chi connectivity index (χ3v) is 4.74. The van der Waals surface area contributed by atoms with E-state index in [1.165, 1.54) is 13.2 Å². The Labute approximate surface area is 171 Å². The summed E-state index contributed by atoms with van der Waals surface area (Å²) in [6.45, 7) is 3.98. The van der Waals surface area contributed by atoms with Gasteiger partial charge in [-0.25, -0.2) is 13.8 Å². The largest absolute Gasteiger partial charge is 0.435 e. The van der Waals surface area contributed by atoms with Crippen molar-refractivity contribution in [2.24, 2.45) is 12.0 Å². The second-order valence-electron chi connectivity index (χ2n) is 6.91. The van der Waals surface area contributed by atoms with E-state index >= 15 is 0 Å². The van der Waals surface area contributed by atoms with Crippen molar-refractivity contribution in [3.8, 4) is 0 Å². The zero-order chi connectivity index (χ0) is 21.9. The molecule has 1 aliphatic rings. The molecule has 0 amide bonds. The smallest absolute Gasteiger partial charge is 0.366 e. The minimum Gasteiger partial charge on any atom is -0.366 e. The van der Waals surface area contributed by atoms with Crippen LogP contribution in [-0.2, 0) is 19.8 Å². The summed E-state index contributed by atoms with van der Waals surface area (Å²) in [5.74, 6) is -0.545. The fourth-order valence-corrected chi connectivity index (χ4v) is 3.37. The third kappa shape index (κ3) is 5.00. The van der Waals surface area contributed by atoms with Gasteiger partial charge in [0, 0.05) is 57.6 Å². The summed E-state index contributed by atoms with van der Waals surface area (Å²) in [6, 6.07) is 3.32. The predicted octanol–water partition coefficient (Wildman–Crippen LogP) is 3.00. The number of rotatable bonds is 4. The van der Waals surface area contributed by atoms with Crippen LogP contribution < -0.4 is 10.2 Å². The first-order valence-corrected chi connectivity index (χ1v) is 9.52. The highest BCUT2D eigenvalue weighted by molar-refractivity contribution is 5.80. The Morgan fingerprint density at radius 2 is 1.87 bits per heavy atom. The molecule has 0 saturated carbocycles. The molecule has 2 aromatic rings. The van der Waals surface area contributed by atoms with Gasteiger partial charge in [-0.05, 0) is 19.1 Å². The molecule has 0 atom stereocenters. The third-order valence-electron chi connectivity index (χ3n) is 4.74. The summed E-state index contributed by atoms with van der Waals surface area (Å²) in [5.41, 5.74) is -0.765. The van der Waals surface area contributed by atoms with Gasteiger partial charge in [-0.15, -0.1) is 0 Å². The van der Waals surface area contributed by atoms with Crippen molar-refractivity contribution in [3.63, 3.8) is 0 Å². The molecular weight excluding hydrogens is 407 g/mol. The van der Waals surface area contributed by atoms with E-state index in [0.29, 0.717) is 38.7 Å². The molecule has 3 rings (SSSR count). The number of guanidine groups is 1. The summed E-state index contributed by atoms with van der Waals surface area (Å²) in [5, 5.41) is 6.57. The van der Waals surface area contributed by atoms with Gasteiger partial charge in [0.2, 0.25) is 0 Å². The average molecular weight is 430 g/mol. The van der Waals surface area contributed by atoms with Gasteiger partial charge in [0.05, 0.1) is 12.2 Å². The molecule has 0 aliphatic carbocycles. The molecule has 1 aliphatic heterocycles. The van der Waals surface area contributed by atoms with Crippen LogP contribution in [0.25, 0.3) is 0 Å². The van der Waals surface area contributed by atoms with Crippen LogP contribution in [0.1, 0.15) is 18.2 Å². The molecule has 11 heteroatoms. The molecule has 2 heterocycles. The standard InChI is InChI=1S/C19H23F5N6/c1-3-25-18(26-11-13-12-28(2)27-17(13)19(22,23)24)30-8-6-29(7-9-30)16-10-14(20)4-5-15(16)21/h4-5,10,12H,3,6-9,11H2,1-2H3,(H,25,26).